The first-order valence-corrected chi connectivity index (χ1v) is 12.0. The molecule has 37 heavy (non-hydrogen) atoms. The Labute approximate surface area is 208 Å². The van der Waals surface area contributed by atoms with Crippen LogP contribution >= 0.6 is 0 Å². The predicted molar refractivity (Wildman–Crippen MR) is 124 cm³/mol. The number of alkyl halides is 6. The summed E-state index contributed by atoms with van der Waals surface area (Å²) in [5.41, 5.74) is 0.793. The molecule has 2 fully saturated rings. The van der Waals surface area contributed by atoms with Gasteiger partial charge in [-0.05, 0) is 54.4 Å². The lowest BCUT2D eigenvalue weighted by molar-refractivity contribution is -0.154. The maximum atomic E-state index is 13.1. The van der Waals surface area contributed by atoms with Crippen LogP contribution in [0.1, 0.15) is 43.9 Å². The van der Waals surface area contributed by atoms with Crippen LogP contribution in [0.3, 0.4) is 0 Å². The van der Waals surface area contributed by atoms with Crippen LogP contribution in [0.25, 0.3) is 5.65 Å². The number of hydrogen-bond donors (Lipinski definition) is 1. The number of ether oxygens (including phenoxy) is 1. The zero-order valence-corrected chi connectivity index (χ0v) is 20.1. The number of nitrogens with one attached hydrogen (secondary N) is 1. The molecule has 5 rings (SSSR count). The number of hydrogen-bond acceptors (Lipinski definition) is 6. The van der Waals surface area contributed by atoms with Crippen molar-refractivity contribution in [1.82, 2.24) is 19.6 Å². The number of piperidine rings is 1. The average Bonchev–Trinajstić information content (AvgIpc) is 3.33. The molecule has 0 aromatic carbocycles. The van der Waals surface area contributed by atoms with E-state index in [1.54, 1.807) is 12.1 Å². The number of anilines is 2. The van der Waals surface area contributed by atoms with Gasteiger partial charge in [-0.15, -0.1) is 5.10 Å². The molecule has 0 amide bonds. The zero-order chi connectivity index (χ0) is 26.5. The van der Waals surface area contributed by atoms with Crippen molar-refractivity contribution in [2.75, 3.05) is 29.9 Å². The van der Waals surface area contributed by atoms with Gasteiger partial charge in [0.15, 0.2) is 12.3 Å². The van der Waals surface area contributed by atoms with Crippen molar-refractivity contribution in [2.24, 2.45) is 11.8 Å². The van der Waals surface area contributed by atoms with Gasteiger partial charge in [-0.25, -0.2) is 0 Å². The summed E-state index contributed by atoms with van der Waals surface area (Å²) in [6, 6.07) is 5.80. The van der Waals surface area contributed by atoms with Gasteiger partial charge >= 0.3 is 12.4 Å². The molecule has 1 saturated carbocycles. The quantitative estimate of drug-likeness (QED) is 0.424. The zero-order valence-electron chi connectivity index (χ0n) is 20.1. The van der Waals surface area contributed by atoms with Crippen molar-refractivity contribution in [2.45, 2.75) is 51.0 Å². The van der Waals surface area contributed by atoms with Crippen LogP contribution in [-0.4, -0.2) is 51.5 Å². The average molecular weight is 529 g/mol. The largest absolute Gasteiger partial charge is 0.468 e. The summed E-state index contributed by atoms with van der Waals surface area (Å²) >= 11 is 0. The summed E-state index contributed by atoms with van der Waals surface area (Å²) in [4.78, 5) is 9.98. The second-order valence-electron chi connectivity index (χ2n) is 9.93. The van der Waals surface area contributed by atoms with Crippen molar-refractivity contribution >= 4 is 17.3 Å². The van der Waals surface area contributed by atoms with E-state index in [2.05, 4.69) is 20.4 Å². The lowest BCUT2D eigenvalue weighted by Gasteiger charge is -2.39. The molecular formula is C24H26F6N6O. The highest BCUT2D eigenvalue weighted by molar-refractivity contribution is 5.55. The van der Waals surface area contributed by atoms with E-state index in [9.17, 15) is 26.3 Å². The summed E-state index contributed by atoms with van der Waals surface area (Å²) in [6.07, 6.45) is -6.05. The number of rotatable bonds is 6. The highest BCUT2D eigenvalue weighted by Crippen LogP contribution is 2.41. The predicted octanol–water partition coefficient (Wildman–Crippen LogP) is 5.53. The molecule has 2 bridgehead atoms. The second kappa shape index (κ2) is 9.25. The molecule has 1 N–H and O–H groups in total. The number of aromatic nitrogens is 4. The summed E-state index contributed by atoms with van der Waals surface area (Å²) in [5.74, 6) is 0.547. The molecule has 0 spiro atoms. The van der Waals surface area contributed by atoms with Crippen LogP contribution in [0.4, 0.5) is 38.0 Å². The van der Waals surface area contributed by atoms with Crippen LogP contribution in [0, 0.1) is 11.8 Å². The Kier molecular flexibility index (Phi) is 6.35. The third-order valence-corrected chi connectivity index (χ3v) is 7.01. The van der Waals surface area contributed by atoms with Crippen molar-refractivity contribution in [3.8, 4) is 5.88 Å². The highest BCUT2D eigenvalue weighted by atomic mass is 19.4. The monoisotopic (exact) mass is 528 g/mol. The molecule has 7 nitrogen and oxygen atoms in total. The number of pyridine rings is 2. The smallest absolute Gasteiger partial charge is 0.433 e. The van der Waals surface area contributed by atoms with Crippen molar-refractivity contribution < 1.29 is 31.1 Å². The maximum Gasteiger partial charge on any atom is 0.433 e. The van der Waals surface area contributed by atoms with Crippen LogP contribution in [0.2, 0.25) is 0 Å². The van der Waals surface area contributed by atoms with Gasteiger partial charge < -0.3 is 15.0 Å². The molecule has 0 radical (unpaired) electrons. The number of halogens is 6. The topological polar surface area (TPSA) is 67.6 Å². The molecule has 4 heterocycles. The van der Waals surface area contributed by atoms with Gasteiger partial charge in [0.2, 0.25) is 11.8 Å². The first-order valence-electron chi connectivity index (χ1n) is 12.0. The first kappa shape index (κ1) is 25.4. The molecule has 1 saturated heterocycles. The SMILES string of the molecule is CC(C)c1ccc(OCC(F)(F)F)n2nc(NC3C4CC[C@H]3CN(c3ccnc(C(F)(F)F)c3)C4)nc12. The van der Waals surface area contributed by atoms with Gasteiger partial charge in [-0.3, -0.25) is 4.98 Å². The Bertz CT molecular complexity index is 1260. The van der Waals surface area contributed by atoms with Gasteiger partial charge in [0.05, 0.1) is 0 Å². The summed E-state index contributed by atoms with van der Waals surface area (Å²) in [6.45, 7) is 3.57. The molecule has 1 aliphatic heterocycles. The van der Waals surface area contributed by atoms with Gasteiger partial charge in [0.1, 0.15) is 5.69 Å². The third kappa shape index (κ3) is 5.26. The van der Waals surface area contributed by atoms with E-state index in [-0.39, 0.29) is 35.6 Å². The molecule has 3 aromatic rings. The van der Waals surface area contributed by atoms with Gasteiger partial charge in [0.25, 0.3) is 0 Å². The summed E-state index contributed by atoms with van der Waals surface area (Å²) in [5, 5.41) is 7.78. The fourth-order valence-electron chi connectivity index (χ4n) is 5.32. The molecule has 13 heteroatoms. The van der Waals surface area contributed by atoms with E-state index in [1.165, 1.54) is 16.8 Å². The fourth-order valence-corrected chi connectivity index (χ4v) is 5.32. The van der Waals surface area contributed by atoms with E-state index < -0.39 is 24.7 Å². The van der Waals surface area contributed by atoms with Crippen LogP contribution in [0.5, 0.6) is 5.88 Å². The molecule has 2 aliphatic rings. The standard InChI is InChI=1S/C24H26F6N6O/c1-13(2)17-5-6-19(37-12-23(25,26)27)36-21(17)33-22(34-36)32-20-14-3-4-15(20)11-35(10-14)16-7-8-31-18(9-16)24(28,29)30/h5-9,13-15,20H,3-4,10-12H2,1-2H3,(H,32,34)/t14-,15?,20?/m0/s1. The van der Waals surface area contributed by atoms with Crippen molar-refractivity contribution in [3.05, 3.63) is 41.7 Å². The normalized spacial score (nSPS) is 22.2. The number of nitrogens with zero attached hydrogens (tertiary/aromatic N) is 5. The Balaban J connectivity index is 1.36. The van der Waals surface area contributed by atoms with Crippen molar-refractivity contribution in [1.29, 1.82) is 0 Å². The molecule has 1 aliphatic carbocycles. The first-order chi connectivity index (χ1) is 17.4. The Hall–Kier alpha value is -3.25. The van der Waals surface area contributed by atoms with Gasteiger partial charge in [-0.1, -0.05) is 13.8 Å². The summed E-state index contributed by atoms with van der Waals surface area (Å²) < 4.78 is 83.9. The second-order valence-corrected chi connectivity index (χ2v) is 9.93. The molecule has 3 atom stereocenters. The van der Waals surface area contributed by atoms with E-state index in [0.29, 0.717) is 24.4 Å². The highest BCUT2D eigenvalue weighted by Gasteiger charge is 2.43. The molecule has 3 aromatic heterocycles. The third-order valence-electron chi connectivity index (χ3n) is 7.01. The van der Waals surface area contributed by atoms with E-state index in [1.807, 2.05) is 18.7 Å². The van der Waals surface area contributed by atoms with Crippen LogP contribution in [0.15, 0.2) is 30.5 Å². The Morgan fingerprint density at radius 2 is 1.76 bits per heavy atom. The minimum atomic E-state index is -4.51. The van der Waals surface area contributed by atoms with Crippen LogP contribution in [-0.2, 0) is 6.18 Å². The lowest BCUT2D eigenvalue weighted by atomic mass is 9.92. The van der Waals surface area contributed by atoms with Crippen molar-refractivity contribution in [3.63, 3.8) is 0 Å². The minimum absolute atomic E-state index is 0.0142. The fraction of sp³-hybridized carbons (Fsp3) is 0.542. The van der Waals surface area contributed by atoms with Crippen LogP contribution < -0.4 is 15.0 Å². The van der Waals surface area contributed by atoms with E-state index in [0.717, 1.165) is 24.5 Å². The minimum Gasteiger partial charge on any atom is -0.468 e. The maximum absolute atomic E-state index is 13.1. The molecule has 200 valence electrons. The Morgan fingerprint density at radius 1 is 1.05 bits per heavy atom. The van der Waals surface area contributed by atoms with Gasteiger partial charge in [-0.2, -0.15) is 35.8 Å². The molecular weight excluding hydrogens is 502 g/mol. The van der Waals surface area contributed by atoms with Gasteiger partial charge in [0, 0.05) is 37.1 Å². The molecule has 2 unspecified atom stereocenters. The number of fused-ring (bicyclic) bond motifs is 3. The summed E-state index contributed by atoms with van der Waals surface area (Å²) in [7, 11) is 0. The Morgan fingerprint density at radius 3 is 2.38 bits per heavy atom. The van der Waals surface area contributed by atoms with E-state index in [4.69, 9.17) is 4.74 Å². The lowest BCUT2D eigenvalue weighted by Crippen LogP contribution is -2.48. The van der Waals surface area contributed by atoms with E-state index >= 15 is 0 Å².